The maximum atomic E-state index is 12.8. The van der Waals surface area contributed by atoms with Crippen molar-refractivity contribution in [3.63, 3.8) is 0 Å². The standard InChI is InChI=1S/C20H19BrN2O5/c21-15-5-1-3-13(9-15)19(26)22-16-6-2-4-14(10-16)20(27)23-7-8-28-17(12-23)11-18(24)25/h1-6,9-10,17H,7-8,11-12H2,(H,22,26)(H,24,25). The highest BCUT2D eigenvalue weighted by molar-refractivity contribution is 9.10. The molecular weight excluding hydrogens is 428 g/mol. The van der Waals surface area contributed by atoms with Crippen LogP contribution in [0.5, 0.6) is 0 Å². The molecule has 28 heavy (non-hydrogen) atoms. The largest absolute Gasteiger partial charge is 0.481 e. The third kappa shape index (κ3) is 5.17. The molecule has 1 unspecified atom stereocenters. The average molecular weight is 447 g/mol. The molecule has 1 atom stereocenters. The highest BCUT2D eigenvalue weighted by Crippen LogP contribution is 2.18. The van der Waals surface area contributed by atoms with Gasteiger partial charge in [0.1, 0.15) is 0 Å². The van der Waals surface area contributed by atoms with E-state index in [0.717, 1.165) is 4.47 Å². The zero-order chi connectivity index (χ0) is 20.1. The van der Waals surface area contributed by atoms with Gasteiger partial charge in [0.15, 0.2) is 0 Å². The molecule has 1 fully saturated rings. The SMILES string of the molecule is O=C(O)CC1CN(C(=O)c2cccc(NC(=O)c3cccc(Br)c3)c2)CCO1. The summed E-state index contributed by atoms with van der Waals surface area (Å²) in [6, 6.07) is 13.7. The van der Waals surface area contributed by atoms with Crippen molar-refractivity contribution in [2.45, 2.75) is 12.5 Å². The number of ether oxygens (including phenoxy) is 1. The van der Waals surface area contributed by atoms with Crippen molar-refractivity contribution in [2.75, 3.05) is 25.0 Å². The molecule has 0 radical (unpaired) electrons. The second-order valence-corrected chi connectivity index (χ2v) is 7.30. The summed E-state index contributed by atoms with van der Waals surface area (Å²) in [4.78, 5) is 37.6. The lowest BCUT2D eigenvalue weighted by molar-refractivity contribution is -0.141. The fraction of sp³-hybridized carbons (Fsp3) is 0.250. The van der Waals surface area contributed by atoms with Gasteiger partial charge in [0, 0.05) is 34.4 Å². The average Bonchev–Trinajstić information content (AvgIpc) is 2.67. The third-order valence-electron chi connectivity index (χ3n) is 4.28. The molecule has 2 aromatic rings. The molecular formula is C20H19BrN2O5. The Hall–Kier alpha value is -2.71. The molecule has 0 bridgehead atoms. The van der Waals surface area contributed by atoms with E-state index < -0.39 is 12.1 Å². The van der Waals surface area contributed by atoms with Crippen LogP contribution >= 0.6 is 15.9 Å². The Kier molecular flexibility index (Phi) is 6.43. The van der Waals surface area contributed by atoms with Crippen molar-refractivity contribution < 1.29 is 24.2 Å². The Bertz CT molecular complexity index is 902. The molecule has 146 valence electrons. The van der Waals surface area contributed by atoms with E-state index in [9.17, 15) is 14.4 Å². The van der Waals surface area contributed by atoms with Crippen LogP contribution in [0.1, 0.15) is 27.1 Å². The number of hydrogen-bond donors (Lipinski definition) is 2. The topological polar surface area (TPSA) is 95.9 Å². The predicted octanol–water partition coefficient (Wildman–Crippen LogP) is 3.02. The number of hydrogen-bond acceptors (Lipinski definition) is 4. The summed E-state index contributed by atoms with van der Waals surface area (Å²) >= 11 is 3.33. The summed E-state index contributed by atoms with van der Waals surface area (Å²) in [5.41, 5.74) is 1.42. The van der Waals surface area contributed by atoms with Gasteiger partial charge in [-0.1, -0.05) is 28.1 Å². The van der Waals surface area contributed by atoms with E-state index in [1.807, 2.05) is 6.07 Å². The normalized spacial score (nSPS) is 16.5. The summed E-state index contributed by atoms with van der Waals surface area (Å²) in [5.74, 6) is -1.47. The molecule has 3 rings (SSSR count). The minimum Gasteiger partial charge on any atom is -0.481 e. The van der Waals surface area contributed by atoms with Crippen molar-refractivity contribution in [3.05, 3.63) is 64.1 Å². The van der Waals surface area contributed by atoms with Crippen molar-refractivity contribution in [1.29, 1.82) is 0 Å². The number of carboxylic acids is 1. The Morgan fingerprint density at radius 2 is 1.89 bits per heavy atom. The number of amides is 2. The Morgan fingerprint density at radius 3 is 2.64 bits per heavy atom. The Balaban J connectivity index is 1.69. The minimum atomic E-state index is -0.962. The fourth-order valence-electron chi connectivity index (χ4n) is 2.97. The number of halogens is 1. The minimum absolute atomic E-state index is 0.146. The lowest BCUT2D eigenvalue weighted by atomic mass is 10.1. The molecule has 0 spiro atoms. The summed E-state index contributed by atoms with van der Waals surface area (Å²) in [5, 5.41) is 11.7. The first-order valence-electron chi connectivity index (χ1n) is 8.72. The highest BCUT2D eigenvalue weighted by Gasteiger charge is 2.26. The second-order valence-electron chi connectivity index (χ2n) is 6.39. The maximum Gasteiger partial charge on any atom is 0.306 e. The van der Waals surface area contributed by atoms with E-state index in [0.29, 0.717) is 30.0 Å². The molecule has 2 N–H and O–H groups in total. The molecule has 0 aliphatic carbocycles. The first-order chi connectivity index (χ1) is 13.4. The van der Waals surface area contributed by atoms with Gasteiger partial charge in [-0.25, -0.2) is 0 Å². The molecule has 7 nitrogen and oxygen atoms in total. The van der Waals surface area contributed by atoms with E-state index in [4.69, 9.17) is 9.84 Å². The van der Waals surface area contributed by atoms with E-state index in [1.165, 1.54) is 0 Å². The Labute approximate surface area is 170 Å². The second kappa shape index (κ2) is 8.99. The van der Waals surface area contributed by atoms with Gasteiger partial charge in [-0.15, -0.1) is 0 Å². The van der Waals surface area contributed by atoms with Crippen LogP contribution in [0.25, 0.3) is 0 Å². The van der Waals surface area contributed by atoms with Crippen molar-refractivity contribution in [1.82, 2.24) is 4.90 Å². The summed E-state index contributed by atoms with van der Waals surface area (Å²) in [7, 11) is 0. The molecule has 2 amide bonds. The molecule has 1 aliphatic rings. The lowest BCUT2D eigenvalue weighted by Gasteiger charge is -2.32. The van der Waals surface area contributed by atoms with E-state index in [2.05, 4.69) is 21.2 Å². The quantitative estimate of drug-likeness (QED) is 0.735. The van der Waals surface area contributed by atoms with Crippen LogP contribution in [0.2, 0.25) is 0 Å². The van der Waals surface area contributed by atoms with Gasteiger partial charge in [-0.05, 0) is 36.4 Å². The number of morpholine rings is 1. The van der Waals surface area contributed by atoms with Gasteiger partial charge in [0.25, 0.3) is 11.8 Å². The van der Waals surface area contributed by atoms with Gasteiger partial charge >= 0.3 is 5.97 Å². The molecule has 2 aromatic carbocycles. The summed E-state index contributed by atoms with van der Waals surface area (Å²) in [6.07, 6.45) is -0.665. The number of rotatable bonds is 5. The number of benzene rings is 2. The van der Waals surface area contributed by atoms with Crippen molar-refractivity contribution in [2.24, 2.45) is 0 Å². The van der Waals surface area contributed by atoms with Gasteiger partial charge in [-0.3, -0.25) is 14.4 Å². The molecule has 1 aliphatic heterocycles. The molecule has 0 saturated carbocycles. The third-order valence-corrected chi connectivity index (χ3v) is 4.78. The van der Waals surface area contributed by atoms with Crippen LogP contribution in [-0.4, -0.2) is 53.6 Å². The van der Waals surface area contributed by atoms with Crippen molar-refractivity contribution in [3.8, 4) is 0 Å². The number of nitrogens with zero attached hydrogens (tertiary/aromatic N) is 1. The van der Waals surface area contributed by atoms with Crippen LogP contribution in [0.4, 0.5) is 5.69 Å². The Morgan fingerprint density at radius 1 is 1.14 bits per heavy atom. The fourth-order valence-corrected chi connectivity index (χ4v) is 3.37. The number of aliphatic carboxylic acids is 1. The smallest absolute Gasteiger partial charge is 0.306 e. The zero-order valence-corrected chi connectivity index (χ0v) is 16.5. The monoisotopic (exact) mass is 446 g/mol. The van der Waals surface area contributed by atoms with Gasteiger partial charge in [-0.2, -0.15) is 0 Å². The van der Waals surface area contributed by atoms with Gasteiger partial charge in [0.05, 0.1) is 19.1 Å². The first-order valence-corrected chi connectivity index (χ1v) is 9.51. The number of nitrogens with one attached hydrogen (secondary N) is 1. The first kappa shape index (κ1) is 20.0. The van der Waals surface area contributed by atoms with Crippen LogP contribution < -0.4 is 5.32 Å². The number of carbonyl (C=O) groups excluding carboxylic acids is 2. The van der Waals surface area contributed by atoms with E-state index in [-0.39, 0.29) is 24.8 Å². The lowest BCUT2D eigenvalue weighted by Crippen LogP contribution is -2.46. The molecule has 1 heterocycles. The summed E-state index contributed by atoms with van der Waals surface area (Å²) in [6.45, 7) is 0.909. The number of carboxylic acid groups (broad SMARTS) is 1. The van der Waals surface area contributed by atoms with Crippen LogP contribution in [0.3, 0.4) is 0 Å². The maximum absolute atomic E-state index is 12.8. The number of carbonyl (C=O) groups is 3. The van der Waals surface area contributed by atoms with Crippen LogP contribution in [-0.2, 0) is 9.53 Å². The van der Waals surface area contributed by atoms with Gasteiger partial charge in [0.2, 0.25) is 0 Å². The van der Waals surface area contributed by atoms with Crippen molar-refractivity contribution >= 4 is 39.4 Å². The summed E-state index contributed by atoms with van der Waals surface area (Å²) < 4.78 is 6.20. The van der Waals surface area contributed by atoms with E-state index >= 15 is 0 Å². The van der Waals surface area contributed by atoms with Crippen LogP contribution in [0.15, 0.2) is 53.0 Å². The highest BCUT2D eigenvalue weighted by atomic mass is 79.9. The van der Waals surface area contributed by atoms with Gasteiger partial charge < -0.3 is 20.1 Å². The number of anilines is 1. The predicted molar refractivity (Wildman–Crippen MR) is 106 cm³/mol. The zero-order valence-electron chi connectivity index (χ0n) is 14.9. The van der Waals surface area contributed by atoms with E-state index in [1.54, 1.807) is 47.4 Å². The van der Waals surface area contributed by atoms with Crippen LogP contribution in [0, 0.1) is 0 Å². The molecule has 0 aromatic heterocycles. The molecule has 8 heteroatoms. The molecule has 1 saturated heterocycles.